The predicted molar refractivity (Wildman–Crippen MR) is 182 cm³/mol. The van der Waals surface area contributed by atoms with Crippen LogP contribution in [0.15, 0.2) is 12.4 Å². The minimum absolute atomic E-state index is 0.641. The van der Waals surface area contributed by atoms with Gasteiger partial charge in [-0.25, -0.2) is 0 Å². The molecule has 0 radical (unpaired) electrons. The maximum absolute atomic E-state index is 2.71. The first-order valence-corrected chi connectivity index (χ1v) is 19.0. The molecule has 1 aliphatic rings. The Balaban J connectivity index is 2.22. The van der Waals surface area contributed by atoms with Crippen molar-refractivity contribution in [3.63, 3.8) is 0 Å². The molecule has 1 heterocycles. The average Bonchev–Trinajstić information content (AvgIpc) is 3.35. The van der Waals surface area contributed by atoms with Gasteiger partial charge >= 0.3 is 0 Å². The van der Waals surface area contributed by atoms with Gasteiger partial charge in [-0.2, -0.15) is 0 Å². The Morgan fingerprint density at radius 2 is 0.575 bits per heavy atom. The van der Waals surface area contributed by atoms with Crippen LogP contribution in [0.2, 0.25) is 0 Å². The fraction of sp³-hybridized carbons (Fsp3) is 0.947. The Kier molecular flexibility index (Phi) is 27.9. The molecular formula is C38H76N2. The summed E-state index contributed by atoms with van der Waals surface area (Å²) in [6.07, 6.45) is 48.4. The van der Waals surface area contributed by atoms with Gasteiger partial charge in [0.25, 0.3) is 0 Å². The molecule has 1 atom stereocenters. The van der Waals surface area contributed by atoms with E-state index in [1.54, 1.807) is 0 Å². The van der Waals surface area contributed by atoms with Gasteiger partial charge in [0.2, 0.25) is 0 Å². The molecule has 1 rings (SSSR count). The monoisotopic (exact) mass is 561 g/mol. The number of nitrogens with zero attached hydrogens (tertiary/aromatic N) is 2. The Labute approximate surface area is 254 Å². The van der Waals surface area contributed by atoms with Crippen LogP contribution in [0.3, 0.4) is 0 Å². The van der Waals surface area contributed by atoms with Gasteiger partial charge in [-0.05, 0) is 25.7 Å². The minimum Gasteiger partial charge on any atom is -0.356 e. The van der Waals surface area contributed by atoms with E-state index in [4.69, 9.17) is 0 Å². The molecule has 0 spiro atoms. The summed E-state index contributed by atoms with van der Waals surface area (Å²) in [5, 5.41) is 0. The molecule has 1 aliphatic heterocycles. The number of rotatable bonds is 32. The van der Waals surface area contributed by atoms with Crippen LogP contribution in [0.25, 0.3) is 0 Å². The summed E-state index contributed by atoms with van der Waals surface area (Å²) in [6, 6.07) is 0. The van der Waals surface area contributed by atoms with Gasteiger partial charge in [-0.3, -0.25) is 0 Å². The van der Waals surface area contributed by atoms with Crippen molar-refractivity contribution in [3.05, 3.63) is 12.4 Å². The average molecular weight is 561 g/mol. The van der Waals surface area contributed by atoms with Crippen molar-refractivity contribution >= 4 is 0 Å². The van der Waals surface area contributed by atoms with Crippen molar-refractivity contribution in [2.24, 2.45) is 0 Å². The zero-order chi connectivity index (χ0) is 28.8. The zero-order valence-electron chi connectivity index (χ0n) is 28.3. The fourth-order valence-electron chi connectivity index (χ4n) is 6.54. The quantitative estimate of drug-likeness (QED) is 0.0755. The van der Waals surface area contributed by atoms with E-state index >= 15 is 0 Å². The maximum atomic E-state index is 2.71. The molecule has 0 amide bonds. The molecule has 0 saturated heterocycles. The van der Waals surface area contributed by atoms with Crippen molar-refractivity contribution in [1.82, 2.24) is 9.80 Å². The second kappa shape index (κ2) is 29.8. The molecule has 238 valence electrons. The van der Waals surface area contributed by atoms with Crippen molar-refractivity contribution in [1.29, 1.82) is 0 Å². The van der Waals surface area contributed by atoms with Gasteiger partial charge in [-0.15, -0.1) is 0 Å². The third-order valence-electron chi connectivity index (χ3n) is 9.32. The highest BCUT2D eigenvalue weighted by molar-refractivity contribution is 4.97. The van der Waals surface area contributed by atoms with E-state index in [2.05, 4.69) is 43.0 Å². The predicted octanol–water partition coefficient (Wildman–Crippen LogP) is 13.2. The standard InChI is InChI=1S/C38H76N2/c1-4-7-10-13-16-19-20-21-23-26-29-32-35-40-37-36-39(34-31-28-25-18-15-12-9-6-3)38(40)33-30-27-24-22-17-14-11-8-5-2/h36-38H,4-35H2,1-3H3. The van der Waals surface area contributed by atoms with Gasteiger partial charge < -0.3 is 9.80 Å². The molecule has 40 heavy (non-hydrogen) atoms. The molecule has 1 unspecified atom stereocenters. The third kappa shape index (κ3) is 22.0. The highest BCUT2D eigenvalue weighted by Crippen LogP contribution is 2.24. The van der Waals surface area contributed by atoms with Gasteiger partial charge in [0, 0.05) is 25.5 Å². The van der Waals surface area contributed by atoms with Crippen LogP contribution in [0.4, 0.5) is 0 Å². The van der Waals surface area contributed by atoms with E-state index in [-0.39, 0.29) is 0 Å². The van der Waals surface area contributed by atoms with E-state index < -0.39 is 0 Å². The molecule has 2 nitrogen and oxygen atoms in total. The van der Waals surface area contributed by atoms with Crippen LogP contribution in [0, 0.1) is 0 Å². The molecular weight excluding hydrogens is 484 g/mol. The van der Waals surface area contributed by atoms with Crippen molar-refractivity contribution in [3.8, 4) is 0 Å². The van der Waals surface area contributed by atoms with E-state index in [1.807, 2.05) is 0 Å². The summed E-state index contributed by atoms with van der Waals surface area (Å²) >= 11 is 0. The first-order chi connectivity index (χ1) is 19.8. The maximum Gasteiger partial charge on any atom is 0.101 e. The van der Waals surface area contributed by atoms with Gasteiger partial charge in [0.15, 0.2) is 0 Å². The summed E-state index contributed by atoms with van der Waals surface area (Å²) in [6.45, 7) is 9.48. The van der Waals surface area contributed by atoms with Gasteiger partial charge in [0.1, 0.15) is 6.17 Å². The van der Waals surface area contributed by atoms with Crippen LogP contribution in [-0.2, 0) is 0 Å². The van der Waals surface area contributed by atoms with E-state index in [0.717, 1.165) is 0 Å². The van der Waals surface area contributed by atoms with E-state index in [9.17, 15) is 0 Å². The SMILES string of the molecule is CCCCCCCCCCCCCCN1C=CN(CCCCCCCCCC)C1CCCCCCCCCCC. The Morgan fingerprint density at radius 1 is 0.325 bits per heavy atom. The van der Waals surface area contributed by atoms with Crippen LogP contribution in [-0.4, -0.2) is 29.1 Å². The summed E-state index contributed by atoms with van der Waals surface area (Å²) in [4.78, 5) is 5.42. The Hall–Kier alpha value is -0.660. The summed E-state index contributed by atoms with van der Waals surface area (Å²) in [5.74, 6) is 0. The summed E-state index contributed by atoms with van der Waals surface area (Å²) in [5.41, 5.74) is 0. The summed E-state index contributed by atoms with van der Waals surface area (Å²) < 4.78 is 0. The molecule has 0 N–H and O–H groups in total. The van der Waals surface area contributed by atoms with Crippen LogP contribution >= 0.6 is 0 Å². The van der Waals surface area contributed by atoms with Crippen LogP contribution in [0.5, 0.6) is 0 Å². The lowest BCUT2D eigenvalue weighted by Crippen LogP contribution is -2.39. The first-order valence-electron chi connectivity index (χ1n) is 19.0. The number of unbranched alkanes of at least 4 members (excludes halogenated alkanes) is 26. The third-order valence-corrected chi connectivity index (χ3v) is 9.32. The largest absolute Gasteiger partial charge is 0.356 e. The molecule has 0 aromatic heterocycles. The molecule has 0 aliphatic carbocycles. The normalized spacial score (nSPS) is 15.1. The molecule has 0 aromatic carbocycles. The second-order valence-corrected chi connectivity index (χ2v) is 13.2. The van der Waals surface area contributed by atoms with Crippen LogP contribution in [0.1, 0.15) is 213 Å². The fourth-order valence-corrected chi connectivity index (χ4v) is 6.54. The molecule has 0 saturated carbocycles. The highest BCUT2D eigenvalue weighted by Gasteiger charge is 2.24. The smallest absolute Gasteiger partial charge is 0.101 e. The Morgan fingerprint density at radius 3 is 0.875 bits per heavy atom. The minimum atomic E-state index is 0.641. The number of hydrogen-bond donors (Lipinski definition) is 0. The zero-order valence-corrected chi connectivity index (χ0v) is 28.3. The first kappa shape index (κ1) is 37.4. The lowest BCUT2D eigenvalue weighted by molar-refractivity contribution is 0.135. The van der Waals surface area contributed by atoms with Gasteiger partial charge in [0.05, 0.1) is 0 Å². The van der Waals surface area contributed by atoms with Crippen LogP contribution < -0.4 is 0 Å². The summed E-state index contributed by atoms with van der Waals surface area (Å²) in [7, 11) is 0. The molecule has 0 aromatic rings. The molecule has 2 heteroatoms. The lowest BCUT2D eigenvalue weighted by atomic mass is 10.0. The van der Waals surface area contributed by atoms with Gasteiger partial charge in [-0.1, -0.05) is 188 Å². The Bertz CT molecular complexity index is 516. The highest BCUT2D eigenvalue weighted by atomic mass is 15.4. The molecule has 0 bridgehead atoms. The van der Waals surface area contributed by atoms with Crippen molar-refractivity contribution in [2.75, 3.05) is 13.1 Å². The second-order valence-electron chi connectivity index (χ2n) is 13.2. The molecule has 0 fully saturated rings. The van der Waals surface area contributed by atoms with Crippen molar-refractivity contribution < 1.29 is 0 Å². The lowest BCUT2D eigenvalue weighted by Gasteiger charge is -2.33. The topological polar surface area (TPSA) is 6.48 Å². The number of hydrogen-bond acceptors (Lipinski definition) is 2. The van der Waals surface area contributed by atoms with Crippen molar-refractivity contribution in [2.45, 2.75) is 220 Å². The van der Waals surface area contributed by atoms with E-state index in [0.29, 0.717) is 6.17 Å². The van der Waals surface area contributed by atoms with E-state index in [1.165, 1.54) is 206 Å².